The molecule has 2 saturated heterocycles. The van der Waals surface area contributed by atoms with Gasteiger partial charge in [0.15, 0.2) is 0 Å². The lowest BCUT2D eigenvalue weighted by atomic mass is 9.87. The molecule has 0 unspecified atom stereocenters. The standard InChI is InChI=1S/C26H28N2OS/c29-26(25-12-7-17-30-25)28-18-23(22-10-5-2-6-11-22)24(19-28)27-15-13-21(14-16-27)20-8-3-1-4-9-20/h1-12,17,21,23-24H,13-16,18-19H2/t23-,24+/m0/s1. The van der Waals surface area contributed by atoms with Gasteiger partial charge in [0.05, 0.1) is 4.88 Å². The lowest BCUT2D eigenvalue weighted by Crippen LogP contribution is -2.45. The number of hydrogen-bond acceptors (Lipinski definition) is 3. The summed E-state index contributed by atoms with van der Waals surface area (Å²) in [4.78, 5) is 18.7. The number of carbonyl (C=O) groups excluding carboxylic acids is 1. The number of carbonyl (C=O) groups is 1. The summed E-state index contributed by atoms with van der Waals surface area (Å²) in [6.45, 7) is 3.85. The molecule has 2 aromatic carbocycles. The molecular formula is C26H28N2OS. The van der Waals surface area contributed by atoms with Crippen molar-refractivity contribution >= 4 is 17.2 Å². The molecule has 2 aliphatic rings. The van der Waals surface area contributed by atoms with Gasteiger partial charge in [-0.05, 0) is 54.4 Å². The Bertz CT molecular complexity index is 949. The molecule has 0 aliphatic carbocycles. The van der Waals surface area contributed by atoms with Crippen molar-refractivity contribution in [3.63, 3.8) is 0 Å². The van der Waals surface area contributed by atoms with Crippen LogP contribution in [0.2, 0.25) is 0 Å². The molecule has 1 aromatic heterocycles. The van der Waals surface area contributed by atoms with Crippen LogP contribution in [-0.4, -0.2) is 47.9 Å². The van der Waals surface area contributed by atoms with Crippen molar-refractivity contribution in [1.82, 2.24) is 9.80 Å². The number of hydrogen-bond donors (Lipinski definition) is 0. The Morgan fingerprint density at radius 1 is 0.800 bits per heavy atom. The van der Waals surface area contributed by atoms with Crippen molar-refractivity contribution < 1.29 is 4.79 Å². The zero-order chi connectivity index (χ0) is 20.3. The molecule has 0 spiro atoms. The molecule has 0 bridgehead atoms. The van der Waals surface area contributed by atoms with Gasteiger partial charge in [-0.15, -0.1) is 11.3 Å². The first-order valence-corrected chi connectivity index (χ1v) is 11.8. The maximum Gasteiger partial charge on any atom is 0.263 e. The molecule has 0 saturated carbocycles. The van der Waals surface area contributed by atoms with Crippen molar-refractivity contribution in [3.8, 4) is 0 Å². The number of benzene rings is 2. The van der Waals surface area contributed by atoms with E-state index in [9.17, 15) is 4.79 Å². The number of thiophene rings is 1. The molecule has 5 rings (SSSR count). The second-order valence-electron chi connectivity index (χ2n) is 8.49. The fraction of sp³-hybridized carbons (Fsp3) is 0.346. The quantitative estimate of drug-likeness (QED) is 0.581. The summed E-state index contributed by atoms with van der Waals surface area (Å²) in [5, 5.41) is 1.99. The predicted octanol–water partition coefficient (Wildman–Crippen LogP) is 5.24. The average molecular weight is 417 g/mol. The number of piperidine rings is 1. The first kappa shape index (κ1) is 19.5. The highest BCUT2D eigenvalue weighted by Crippen LogP contribution is 2.36. The SMILES string of the molecule is O=C(c1cccs1)N1C[C@@H](N2CCC(c3ccccc3)CC2)[C@H](c2ccccc2)C1. The van der Waals surface area contributed by atoms with Gasteiger partial charge in [-0.25, -0.2) is 0 Å². The number of amides is 1. The summed E-state index contributed by atoms with van der Waals surface area (Å²) >= 11 is 1.54. The van der Waals surface area contributed by atoms with Gasteiger partial charge in [-0.2, -0.15) is 0 Å². The Balaban J connectivity index is 1.33. The number of nitrogens with zero attached hydrogens (tertiary/aromatic N) is 2. The highest BCUT2D eigenvalue weighted by atomic mass is 32.1. The van der Waals surface area contributed by atoms with E-state index in [2.05, 4.69) is 70.5 Å². The molecule has 3 aromatic rings. The van der Waals surface area contributed by atoms with Crippen LogP contribution in [0.5, 0.6) is 0 Å². The van der Waals surface area contributed by atoms with Crippen LogP contribution in [0.1, 0.15) is 45.5 Å². The van der Waals surface area contributed by atoms with E-state index in [0.29, 0.717) is 17.9 Å². The van der Waals surface area contributed by atoms with Crippen LogP contribution in [0.15, 0.2) is 78.2 Å². The highest BCUT2D eigenvalue weighted by Gasteiger charge is 2.40. The third-order valence-electron chi connectivity index (χ3n) is 6.81. The van der Waals surface area contributed by atoms with Crippen LogP contribution in [0.4, 0.5) is 0 Å². The number of likely N-dealkylation sites (tertiary alicyclic amines) is 2. The van der Waals surface area contributed by atoms with Crippen LogP contribution in [-0.2, 0) is 0 Å². The zero-order valence-corrected chi connectivity index (χ0v) is 18.0. The molecule has 2 aliphatic heterocycles. The second-order valence-corrected chi connectivity index (χ2v) is 9.44. The Morgan fingerprint density at radius 2 is 1.47 bits per heavy atom. The van der Waals surface area contributed by atoms with E-state index in [-0.39, 0.29) is 5.91 Å². The van der Waals surface area contributed by atoms with Gasteiger partial charge in [-0.1, -0.05) is 66.7 Å². The fourth-order valence-corrected chi connectivity index (χ4v) is 5.89. The molecule has 30 heavy (non-hydrogen) atoms. The number of rotatable bonds is 4. The van der Waals surface area contributed by atoms with Crippen molar-refractivity contribution in [3.05, 3.63) is 94.2 Å². The molecule has 0 radical (unpaired) electrons. The van der Waals surface area contributed by atoms with Crippen LogP contribution in [0.25, 0.3) is 0 Å². The molecule has 2 atom stereocenters. The summed E-state index contributed by atoms with van der Waals surface area (Å²) in [7, 11) is 0. The van der Waals surface area contributed by atoms with Crippen LogP contribution < -0.4 is 0 Å². The maximum atomic E-state index is 13.1. The lowest BCUT2D eigenvalue weighted by Gasteiger charge is -2.38. The smallest absolute Gasteiger partial charge is 0.263 e. The minimum Gasteiger partial charge on any atom is -0.336 e. The normalized spacial score (nSPS) is 23.0. The van der Waals surface area contributed by atoms with Gasteiger partial charge in [0.1, 0.15) is 0 Å². The van der Waals surface area contributed by atoms with Crippen molar-refractivity contribution in [2.75, 3.05) is 26.2 Å². The minimum atomic E-state index is 0.188. The van der Waals surface area contributed by atoms with E-state index in [1.54, 1.807) is 11.3 Å². The van der Waals surface area contributed by atoms with Gasteiger partial charge in [0.25, 0.3) is 5.91 Å². The molecule has 3 nitrogen and oxygen atoms in total. The van der Waals surface area contributed by atoms with Crippen LogP contribution in [0.3, 0.4) is 0 Å². The Morgan fingerprint density at radius 3 is 2.10 bits per heavy atom. The Hall–Kier alpha value is -2.43. The van der Waals surface area contributed by atoms with Gasteiger partial charge in [0, 0.05) is 25.0 Å². The average Bonchev–Trinajstić information content (AvgIpc) is 3.51. The van der Waals surface area contributed by atoms with E-state index < -0.39 is 0 Å². The zero-order valence-electron chi connectivity index (χ0n) is 17.2. The highest BCUT2D eigenvalue weighted by molar-refractivity contribution is 7.12. The van der Waals surface area contributed by atoms with Crippen molar-refractivity contribution in [2.24, 2.45) is 0 Å². The first-order chi connectivity index (χ1) is 14.8. The molecule has 2 fully saturated rings. The van der Waals surface area contributed by atoms with E-state index >= 15 is 0 Å². The van der Waals surface area contributed by atoms with Gasteiger partial charge in [-0.3, -0.25) is 9.69 Å². The molecule has 0 N–H and O–H groups in total. The van der Waals surface area contributed by atoms with E-state index in [4.69, 9.17) is 0 Å². The summed E-state index contributed by atoms with van der Waals surface area (Å²) in [6, 6.07) is 26.0. The molecule has 1 amide bonds. The second kappa shape index (κ2) is 8.75. The predicted molar refractivity (Wildman–Crippen MR) is 123 cm³/mol. The van der Waals surface area contributed by atoms with E-state index in [0.717, 1.165) is 31.1 Å². The summed E-state index contributed by atoms with van der Waals surface area (Å²) in [6.07, 6.45) is 2.39. The van der Waals surface area contributed by atoms with Gasteiger partial charge in [0.2, 0.25) is 0 Å². The summed E-state index contributed by atoms with van der Waals surface area (Å²) in [5.41, 5.74) is 2.83. The fourth-order valence-electron chi connectivity index (χ4n) is 5.20. The minimum absolute atomic E-state index is 0.188. The molecule has 154 valence electrons. The van der Waals surface area contributed by atoms with Gasteiger partial charge >= 0.3 is 0 Å². The molecule has 4 heteroatoms. The van der Waals surface area contributed by atoms with Gasteiger partial charge < -0.3 is 4.90 Å². The Kier molecular flexibility index (Phi) is 5.69. The first-order valence-electron chi connectivity index (χ1n) is 11.0. The lowest BCUT2D eigenvalue weighted by molar-refractivity contribution is 0.0774. The van der Waals surface area contributed by atoms with E-state index in [1.165, 1.54) is 24.0 Å². The summed E-state index contributed by atoms with van der Waals surface area (Å²) < 4.78 is 0. The van der Waals surface area contributed by atoms with Crippen LogP contribution >= 0.6 is 11.3 Å². The van der Waals surface area contributed by atoms with Crippen LogP contribution in [0, 0.1) is 0 Å². The molecule has 3 heterocycles. The summed E-state index contributed by atoms with van der Waals surface area (Å²) in [5.74, 6) is 1.22. The third-order valence-corrected chi connectivity index (χ3v) is 7.66. The van der Waals surface area contributed by atoms with Crippen molar-refractivity contribution in [2.45, 2.75) is 30.7 Å². The van der Waals surface area contributed by atoms with Crippen molar-refractivity contribution in [1.29, 1.82) is 0 Å². The van der Waals surface area contributed by atoms with E-state index in [1.807, 2.05) is 17.5 Å². The Labute approximate surface area is 183 Å². The monoisotopic (exact) mass is 416 g/mol. The third kappa shape index (κ3) is 3.94. The maximum absolute atomic E-state index is 13.1. The molecular weight excluding hydrogens is 388 g/mol. The largest absolute Gasteiger partial charge is 0.336 e. The topological polar surface area (TPSA) is 23.6 Å².